The summed E-state index contributed by atoms with van der Waals surface area (Å²) in [7, 11) is 0.650. The van der Waals surface area contributed by atoms with E-state index in [0.717, 1.165) is 0 Å². The molecule has 2 aliphatic rings. The largest absolute Gasteiger partial charge is 0.420 e. The van der Waals surface area contributed by atoms with Gasteiger partial charge in [-0.05, 0) is 81.7 Å². The average Bonchev–Trinajstić information content (AvgIpc) is 2.92. The molecule has 0 heterocycles. The van der Waals surface area contributed by atoms with Crippen LogP contribution in [0.4, 0.5) is 0 Å². The van der Waals surface area contributed by atoms with Gasteiger partial charge in [0, 0.05) is 7.11 Å². The molecular weight excluding hydrogens is 272 g/mol. The number of allylic oxidation sites excluding steroid dienone is 4. The van der Waals surface area contributed by atoms with E-state index in [1.54, 1.807) is 18.3 Å². The molecule has 2 aliphatic carbocycles. The van der Waals surface area contributed by atoms with E-state index in [9.17, 15) is 0 Å². The van der Waals surface area contributed by atoms with Crippen LogP contribution in [0.1, 0.15) is 71.1 Å². The molecule has 0 aromatic carbocycles. The van der Waals surface area contributed by atoms with Crippen LogP contribution in [0, 0.1) is 0 Å². The SMILES string of the molecule is C1=C(C2=CCCCCC2)CCCCC1.CC[Si](C)(C)OC. The summed E-state index contributed by atoms with van der Waals surface area (Å²) in [6.45, 7) is 6.61. The van der Waals surface area contributed by atoms with Crippen molar-refractivity contribution in [1.82, 2.24) is 0 Å². The summed E-state index contributed by atoms with van der Waals surface area (Å²) in [6.07, 6.45) is 18.9. The third kappa shape index (κ3) is 8.01. The highest BCUT2D eigenvalue weighted by Gasteiger charge is 2.15. The van der Waals surface area contributed by atoms with E-state index in [2.05, 4.69) is 32.2 Å². The minimum atomic E-state index is -1.15. The minimum absolute atomic E-state index is 1.15. The molecule has 0 saturated heterocycles. The molecule has 0 aliphatic heterocycles. The fraction of sp³-hybridized carbons (Fsp3) is 0.789. The van der Waals surface area contributed by atoms with Crippen molar-refractivity contribution < 1.29 is 4.43 Å². The van der Waals surface area contributed by atoms with Gasteiger partial charge in [-0.3, -0.25) is 0 Å². The minimum Gasteiger partial charge on any atom is -0.420 e. The lowest BCUT2D eigenvalue weighted by atomic mass is 9.97. The zero-order chi connectivity index (χ0) is 15.6. The molecular formula is C19H36OSi. The smallest absolute Gasteiger partial charge is 0.185 e. The highest BCUT2D eigenvalue weighted by Crippen LogP contribution is 2.29. The fourth-order valence-electron chi connectivity index (χ4n) is 2.76. The van der Waals surface area contributed by atoms with Crippen molar-refractivity contribution in [2.45, 2.75) is 90.3 Å². The number of hydrogen-bond donors (Lipinski definition) is 0. The van der Waals surface area contributed by atoms with E-state index in [-0.39, 0.29) is 0 Å². The molecule has 0 atom stereocenters. The first kappa shape index (κ1) is 18.7. The predicted octanol–water partition coefficient (Wildman–Crippen LogP) is 6.63. The van der Waals surface area contributed by atoms with Crippen LogP contribution < -0.4 is 0 Å². The van der Waals surface area contributed by atoms with Crippen LogP contribution in [0.3, 0.4) is 0 Å². The van der Waals surface area contributed by atoms with E-state index in [0.29, 0.717) is 0 Å². The van der Waals surface area contributed by atoms with E-state index >= 15 is 0 Å². The zero-order valence-corrected chi connectivity index (χ0v) is 15.8. The monoisotopic (exact) mass is 308 g/mol. The van der Waals surface area contributed by atoms with Gasteiger partial charge in [-0.15, -0.1) is 0 Å². The van der Waals surface area contributed by atoms with Gasteiger partial charge in [-0.25, -0.2) is 0 Å². The molecule has 0 spiro atoms. The van der Waals surface area contributed by atoms with Crippen molar-refractivity contribution in [2.75, 3.05) is 7.11 Å². The van der Waals surface area contributed by atoms with Crippen molar-refractivity contribution in [3.05, 3.63) is 23.3 Å². The summed E-state index contributed by atoms with van der Waals surface area (Å²) < 4.78 is 5.23. The van der Waals surface area contributed by atoms with Crippen molar-refractivity contribution in [1.29, 1.82) is 0 Å². The van der Waals surface area contributed by atoms with Crippen LogP contribution in [-0.4, -0.2) is 15.4 Å². The van der Waals surface area contributed by atoms with Crippen LogP contribution in [-0.2, 0) is 4.43 Å². The number of hydrogen-bond acceptors (Lipinski definition) is 1. The third-order valence-electron chi connectivity index (χ3n) is 4.90. The second-order valence-electron chi connectivity index (χ2n) is 6.97. The molecule has 0 aromatic rings. The summed E-state index contributed by atoms with van der Waals surface area (Å²) in [5.74, 6) is 0. The van der Waals surface area contributed by atoms with Gasteiger partial charge in [0.1, 0.15) is 0 Å². The van der Waals surface area contributed by atoms with Crippen LogP contribution in [0.2, 0.25) is 19.1 Å². The lowest BCUT2D eigenvalue weighted by Crippen LogP contribution is -2.26. The van der Waals surface area contributed by atoms with E-state index in [1.807, 2.05) is 0 Å². The Labute approximate surface area is 134 Å². The molecule has 0 unspecified atom stereocenters. The molecule has 0 amide bonds. The van der Waals surface area contributed by atoms with Gasteiger partial charge in [-0.1, -0.05) is 31.9 Å². The first-order chi connectivity index (χ1) is 10.1. The molecule has 0 aromatic heterocycles. The van der Waals surface area contributed by atoms with Gasteiger partial charge in [0.2, 0.25) is 0 Å². The molecule has 1 nitrogen and oxygen atoms in total. The normalized spacial score (nSPS) is 20.4. The van der Waals surface area contributed by atoms with E-state index in [4.69, 9.17) is 4.43 Å². The summed E-state index contributed by atoms with van der Waals surface area (Å²) in [6, 6.07) is 1.21. The lowest BCUT2D eigenvalue weighted by Gasteiger charge is -2.15. The Hall–Kier alpha value is -0.343. The molecule has 0 radical (unpaired) electrons. The van der Waals surface area contributed by atoms with E-state index < -0.39 is 8.32 Å². The second kappa shape index (κ2) is 10.4. The Morgan fingerprint density at radius 1 is 0.857 bits per heavy atom. The zero-order valence-electron chi connectivity index (χ0n) is 14.8. The van der Waals surface area contributed by atoms with Gasteiger partial charge in [0.05, 0.1) is 0 Å². The molecule has 21 heavy (non-hydrogen) atoms. The summed E-state index contributed by atoms with van der Waals surface area (Å²) in [4.78, 5) is 0. The quantitative estimate of drug-likeness (QED) is 0.532. The molecule has 122 valence electrons. The average molecular weight is 309 g/mol. The van der Waals surface area contributed by atoms with Crippen molar-refractivity contribution in [3.63, 3.8) is 0 Å². The summed E-state index contributed by atoms with van der Waals surface area (Å²) >= 11 is 0. The highest BCUT2D eigenvalue weighted by molar-refractivity contribution is 6.70. The van der Waals surface area contributed by atoms with Crippen LogP contribution in [0.5, 0.6) is 0 Å². The molecule has 2 heteroatoms. The standard InChI is InChI=1S/C14H22.C5H14OSi/c1-2-6-10-13(9-5-1)14-11-7-3-4-8-12-14;1-5-7(3,4)6-2/h9,11H,1-8,10,12H2;5H2,1-4H3. The van der Waals surface area contributed by atoms with Gasteiger partial charge in [0.15, 0.2) is 8.32 Å². The molecule has 2 rings (SSSR count). The van der Waals surface area contributed by atoms with Crippen LogP contribution >= 0.6 is 0 Å². The van der Waals surface area contributed by atoms with Gasteiger partial charge in [0.25, 0.3) is 0 Å². The fourth-order valence-corrected chi connectivity index (χ4v) is 3.05. The third-order valence-corrected chi connectivity index (χ3v) is 7.71. The number of rotatable bonds is 3. The summed E-state index contributed by atoms with van der Waals surface area (Å²) in [5.41, 5.74) is 3.40. The van der Waals surface area contributed by atoms with Crippen LogP contribution in [0.15, 0.2) is 23.3 Å². The Bertz CT molecular complexity index is 309. The first-order valence-electron chi connectivity index (χ1n) is 9.02. The first-order valence-corrected chi connectivity index (χ1v) is 12.1. The summed E-state index contributed by atoms with van der Waals surface area (Å²) in [5, 5.41) is 0. The molecule has 0 N–H and O–H groups in total. The molecule has 0 saturated carbocycles. The maximum absolute atomic E-state index is 5.23. The Morgan fingerprint density at radius 2 is 1.33 bits per heavy atom. The lowest BCUT2D eigenvalue weighted by molar-refractivity contribution is 0.405. The predicted molar refractivity (Wildman–Crippen MR) is 97.3 cm³/mol. The highest BCUT2D eigenvalue weighted by atomic mass is 28.4. The Morgan fingerprint density at radius 3 is 1.67 bits per heavy atom. The van der Waals surface area contributed by atoms with Gasteiger partial charge < -0.3 is 4.43 Å². The van der Waals surface area contributed by atoms with Gasteiger partial charge in [-0.2, -0.15) is 0 Å². The van der Waals surface area contributed by atoms with Crippen molar-refractivity contribution in [3.8, 4) is 0 Å². The van der Waals surface area contributed by atoms with E-state index in [1.165, 1.54) is 70.3 Å². The Balaban J connectivity index is 0.000000270. The maximum atomic E-state index is 5.23. The van der Waals surface area contributed by atoms with Crippen molar-refractivity contribution in [2.24, 2.45) is 0 Å². The van der Waals surface area contributed by atoms with Crippen molar-refractivity contribution >= 4 is 8.32 Å². The van der Waals surface area contributed by atoms with Crippen LogP contribution in [0.25, 0.3) is 0 Å². The van der Waals surface area contributed by atoms with Gasteiger partial charge >= 0.3 is 0 Å². The maximum Gasteiger partial charge on any atom is 0.185 e. The second-order valence-corrected chi connectivity index (χ2v) is 11.6. The molecule has 0 fully saturated rings. The Kier molecular flexibility index (Phi) is 9.26. The molecule has 0 bridgehead atoms. The topological polar surface area (TPSA) is 9.23 Å².